The standard InChI is InChI=1S/C11H18ClN3O/c1-2-5-15-11(10(8-12)13-14-15)9-3-6-16-7-4-9/h9H,2-8H2,1H3. The Morgan fingerprint density at radius 3 is 2.81 bits per heavy atom. The zero-order chi connectivity index (χ0) is 11.4. The minimum atomic E-state index is 0.455. The van der Waals surface area contributed by atoms with Gasteiger partial charge in [-0.2, -0.15) is 0 Å². The second-order valence-electron chi connectivity index (χ2n) is 4.16. The Morgan fingerprint density at radius 2 is 2.19 bits per heavy atom. The molecule has 4 nitrogen and oxygen atoms in total. The zero-order valence-corrected chi connectivity index (χ0v) is 10.4. The third-order valence-corrected chi connectivity index (χ3v) is 3.27. The Bertz CT molecular complexity index is 334. The molecule has 2 heterocycles. The van der Waals surface area contributed by atoms with Gasteiger partial charge in [0.2, 0.25) is 0 Å². The lowest BCUT2D eigenvalue weighted by Gasteiger charge is -2.23. The van der Waals surface area contributed by atoms with Gasteiger partial charge < -0.3 is 4.74 Å². The highest BCUT2D eigenvalue weighted by atomic mass is 35.5. The summed E-state index contributed by atoms with van der Waals surface area (Å²) in [6.45, 7) is 4.75. The fraction of sp³-hybridized carbons (Fsp3) is 0.818. The van der Waals surface area contributed by atoms with Crippen molar-refractivity contribution in [3.63, 3.8) is 0 Å². The summed E-state index contributed by atoms with van der Waals surface area (Å²) in [4.78, 5) is 0. The van der Waals surface area contributed by atoms with E-state index in [2.05, 4.69) is 17.2 Å². The molecule has 0 unspecified atom stereocenters. The summed E-state index contributed by atoms with van der Waals surface area (Å²) in [5, 5.41) is 8.36. The average Bonchev–Trinajstić information content (AvgIpc) is 2.74. The van der Waals surface area contributed by atoms with E-state index in [0.717, 1.165) is 44.7 Å². The fourth-order valence-electron chi connectivity index (χ4n) is 2.25. The van der Waals surface area contributed by atoms with Crippen LogP contribution in [0.2, 0.25) is 0 Å². The van der Waals surface area contributed by atoms with Gasteiger partial charge in [0, 0.05) is 25.7 Å². The minimum absolute atomic E-state index is 0.455. The zero-order valence-electron chi connectivity index (χ0n) is 9.65. The van der Waals surface area contributed by atoms with Crippen LogP contribution in [0.4, 0.5) is 0 Å². The van der Waals surface area contributed by atoms with Crippen molar-refractivity contribution in [1.29, 1.82) is 0 Å². The first-order valence-corrected chi connectivity index (χ1v) is 6.46. The van der Waals surface area contributed by atoms with Gasteiger partial charge in [-0.3, -0.25) is 0 Å². The van der Waals surface area contributed by atoms with Crippen LogP contribution in [0, 0.1) is 0 Å². The molecule has 0 atom stereocenters. The van der Waals surface area contributed by atoms with Crippen LogP contribution in [0.5, 0.6) is 0 Å². The van der Waals surface area contributed by atoms with Crippen molar-refractivity contribution in [3.8, 4) is 0 Å². The lowest BCUT2D eigenvalue weighted by molar-refractivity contribution is 0.0833. The van der Waals surface area contributed by atoms with E-state index in [0.29, 0.717) is 11.8 Å². The van der Waals surface area contributed by atoms with Crippen LogP contribution in [0.25, 0.3) is 0 Å². The van der Waals surface area contributed by atoms with E-state index in [1.54, 1.807) is 0 Å². The molecule has 1 saturated heterocycles. The van der Waals surface area contributed by atoms with Gasteiger partial charge in [-0.15, -0.1) is 16.7 Å². The number of hydrogen-bond acceptors (Lipinski definition) is 3. The number of alkyl halides is 1. The maximum Gasteiger partial charge on any atom is 0.101 e. The van der Waals surface area contributed by atoms with Crippen molar-refractivity contribution in [2.45, 2.75) is 44.5 Å². The molecular weight excluding hydrogens is 226 g/mol. The Morgan fingerprint density at radius 1 is 1.44 bits per heavy atom. The van der Waals surface area contributed by atoms with Gasteiger partial charge in [-0.25, -0.2) is 4.68 Å². The maximum atomic E-state index is 5.92. The highest BCUT2D eigenvalue weighted by molar-refractivity contribution is 6.16. The minimum Gasteiger partial charge on any atom is -0.381 e. The number of hydrogen-bond donors (Lipinski definition) is 0. The van der Waals surface area contributed by atoms with E-state index in [9.17, 15) is 0 Å². The summed E-state index contributed by atoms with van der Waals surface area (Å²) in [6.07, 6.45) is 3.18. The van der Waals surface area contributed by atoms with Crippen molar-refractivity contribution in [2.75, 3.05) is 13.2 Å². The van der Waals surface area contributed by atoms with Gasteiger partial charge >= 0.3 is 0 Å². The number of aryl methyl sites for hydroxylation is 1. The van der Waals surface area contributed by atoms with E-state index in [1.807, 2.05) is 4.68 Å². The maximum absolute atomic E-state index is 5.92. The second-order valence-corrected chi connectivity index (χ2v) is 4.43. The van der Waals surface area contributed by atoms with Crippen LogP contribution in [0.1, 0.15) is 43.5 Å². The predicted octanol–water partition coefficient (Wildman–Crippen LogP) is 2.32. The SMILES string of the molecule is CCCn1nnc(CCl)c1C1CCOCC1. The third kappa shape index (κ3) is 2.38. The molecule has 1 aromatic heterocycles. The molecule has 0 saturated carbocycles. The normalized spacial score (nSPS) is 17.9. The van der Waals surface area contributed by atoms with E-state index in [-0.39, 0.29) is 0 Å². The van der Waals surface area contributed by atoms with Gasteiger partial charge in [0.1, 0.15) is 5.69 Å². The molecule has 0 bridgehead atoms. The smallest absolute Gasteiger partial charge is 0.101 e. The molecule has 0 aliphatic carbocycles. The van der Waals surface area contributed by atoms with Crippen molar-refractivity contribution >= 4 is 11.6 Å². The first-order valence-electron chi connectivity index (χ1n) is 5.92. The van der Waals surface area contributed by atoms with E-state index in [1.165, 1.54) is 5.69 Å². The summed E-state index contributed by atoms with van der Waals surface area (Å²) in [5.74, 6) is 0.972. The summed E-state index contributed by atoms with van der Waals surface area (Å²) in [6, 6.07) is 0. The quantitative estimate of drug-likeness (QED) is 0.762. The molecule has 0 N–H and O–H groups in total. The molecule has 1 aliphatic rings. The van der Waals surface area contributed by atoms with E-state index in [4.69, 9.17) is 16.3 Å². The van der Waals surface area contributed by atoms with Gasteiger partial charge in [-0.1, -0.05) is 12.1 Å². The van der Waals surface area contributed by atoms with Crippen LogP contribution >= 0.6 is 11.6 Å². The first-order chi connectivity index (χ1) is 7.86. The summed E-state index contributed by atoms with van der Waals surface area (Å²) >= 11 is 5.92. The van der Waals surface area contributed by atoms with Crippen molar-refractivity contribution < 1.29 is 4.74 Å². The van der Waals surface area contributed by atoms with Gasteiger partial charge in [0.15, 0.2) is 0 Å². The molecule has 1 aromatic rings. The lowest BCUT2D eigenvalue weighted by Crippen LogP contribution is -2.18. The molecule has 5 heteroatoms. The molecule has 90 valence electrons. The van der Waals surface area contributed by atoms with Gasteiger partial charge in [0.05, 0.1) is 11.6 Å². The van der Waals surface area contributed by atoms with Gasteiger partial charge in [0.25, 0.3) is 0 Å². The van der Waals surface area contributed by atoms with Crippen molar-refractivity contribution in [2.24, 2.45) is 0 Å². The van der Waals surface area contributed by atoms with Crippen LogP contribution in [0.3, 0.4) is 0 Å². The Labute approximate surface area is 101 Å². The van der Waals surface area contributed by atoms with Crippen LogP contribution in [0.15, 0.2) is 0 Å². The average molecular weight is 244 g/mol. The monoisotopic (exact) mass is 243 g/mol. The largest absolute Gasteiger partial charge is 0.381 e. The number of aromatic nitrogens is 3. The molecular formula is C11H18ClN3O. The van der Waals surface area contributed by atoms with Crippen LogP contribution in [-0.4, -0.2) is 28.2 Å². The fourth-order valence-corrected chi connectivity index (χ4v) is 2.44. The van der Waals surface area contributed by atoms with Crippen LogP contribution < -0.4 is 0 Å². The lowest BCUT2D eigenvalue weighted by atomic mass is 9.95. The molecule has 1 fully saturated rings. The number of ether oxygens (including phenoxy) is 1. The molecule has 2 rings (SSSR count). The molecule has 0 radical (unpaired) electrons. The number of rotatable bonds is 4. The van der Waals surface area contributed by atoms with E-state index >= 15 is 0 Å². The number of nitrogens with zero attached hydrogens (tertiary/aromatic N) is 3. The van der Waals surface area contributed by atoms with Gasteiger partial charge in [-0.05, 0) is 19.3 Å². The summed E-state index contributed by atoms with van der Waals surface area (Å²) in [7, 11) is 0. The van der Waals surface area contributed by atoms with Crippen molar-refractivity contribution in [3.05, 3.63) is 11.4 Å². The molecule has 0 amide bonds. The molecule has 16 heavy (non-hydrogen) atoms. The Balaban J connectivity index is 2.23. The predicted molar refractivity (Wildman–Crippen MR) is 62.7 cm³/mol. The molecule has 1 aliphatic heterocycles. The summed E-state index contributed by atoms with van der Waals surface area (Å²) in [5.41, 5.74) is 2.18. The topological polar surface area (TPSA) is 39.9 Å². The third-order valence-electron chi connectivity index (χ3n) is 3.02. The highest BCUT2D eigenvalue weighted by Crippen LogP contribution is 2.29. The number of halogens is 1. The summed E-state index contributed by atoms with van der Waals surface area (Å²) < 4.78 is 7.41. The molecule has 0 aromatic carbocycles. The Hall–Kier alpha value is -0.610. The van der Waals surface area contributed by atoms with Crippen molar-refractivity contribution in [1.82, 2.24) is 15.0 Å². The highest BCUT2D eigenvalue weighted by Gasteiger charge is 2.23. The second kappa shape index (κ2) is 5.64. The van der Waals surface area contributed by atoms with Crippen LogP contribution in [-0.2, 0) is 17.2 Å². The molecule has 0 spiro atoms. The van der Waals surface area contributed by atoms with E-state index < -0.39 is 0 Å². The Kier molecular flexibility index (Phi) is 4.18. The first kappa shape index (κ1) is 11.9.